The normalized spacial score (nSPS) is 29.7. The average Bonchev–Trinajstić information content (AvgIpc) is 3.44. The average molecular weight is 448 g/mol. The van der Waals surface area contributed by atoms with E-state index < -0.39 is 11.7 Å². The number of piperidine rings is 1. The molecular weight excluding hydrogens is 425 g/mol. The number of imide groups is 1. The number of pyridine rings is 1. The van der Waals surface area contributed by atoms with Crippen LogP contribution in [0.15, 0.2) is 30.5 Å². The maximum atomic E-state index is 12.7. The monoisotopic (exact) mass is 448 g/mol. The number of rotatable bonds is 4. The van der Waals surface area contributed by atoms with E-state index in [1.165, 1.54) is 6.07 Å². The molecule has 0 radical (unpaired) electrons. The van der Waals surface area contributed by atoms with Crippen molar-refractivity contribution in [2.24, 2.45) is 23.7 Å². The highest BCUT2D eigenvalue weighted by molar-refractivity contribution is 6.08. The van der Waals surface area contributed by atoms with Crippen LogP contribution in [0.2, 0.25) is 0 Å². The van der Waals surface area contributed by atoms with Crippen molar-refractivity contribution >= 4 is 23.5 Å². The first-order chi connectivity index (χ1) is 15.2. The maximum absolute atomic E-state index is 12.7. The van der Waals surface area contributed by atoms with Gasteiger partial charge in [0.05, 0.1) is 17.4 Å². The Bertz CT molecular complexity index is 940. The zero-order valence-corrected chi connectivity index (χ0v) is 17.2. The summed E-state index contributed by atoms with van der Waals surface area (Å²) in [4.78, 5) is 44.9. The van der Waals surface area contributed by atoms with Gasteiger partial charge in [0, 0.05) is 25.3 Å². The standard InChI is InChI=1S/C22H23F3N4O3/c23-22(24,25)14-3-4-16(26-10-14)28-7-5-15(6-8-28)27-17(30)11-29-20(31)18-12-1-2-13(9-12)19(18)21(29)32/h1-4,10,12-13,15,18-19H,5-9,11H2,(H,27,30)/t12-,13-,18+,19+/m0/s1. The summed E-state index contributed by atoms with van der Waals surface area (Å²) in [5.41, 5.74) is -0.790. The van der Waals surface area contributed by atoms with Crippen molar-refractivity contribution in [2.45, 2.75) is 31.5 Å². The topological polar surface area (TPSA) is 82.6 Å². The Morgan fingerprint density at radius 3 is 2.22 bits per heavy atom. The number of anilines is 1. The molecule has 1 aromatic rings. The SMILES string of the molecule is O=C(CN1C(=O)[C@H]2[C@H](C1=O)[C@H]1C=C[C@H]2C1)NC1CCN(c2ccc(C(F)(F)F)cn2)CC1. The molecule has 1 aromatic heterocycles. The third-order valence-corrected chi connectivity index (χ3v) is 7.12. The fourth-order valence-electron chi connectivity index (χ4n) is 5.53. The third-order valence-electron chi connectivity index (χ3n) is 7.12. The van der Waals surface area contributed by atoms with E-state index in [1.807, 2.05) is 17.1 Å². The van der Waals surface area contributed by atoms with Crippen molar-refractivity contribution in [2.75, 3.05) is 24.5 Å². The predicted octanol–water partition coefficient (Wildman–Crippen LogP) is 1.99. The molecule has 3 heterocycles. The number of alkyl halides is 3. The molecule has 0 unspecified atom stereocenters. The zero-order valence-electron chi connectivity index (χ0n) is 17.2. The molecule has 0 spiro atoms. The van der Waals surface area contributed by atoms with Crippen LogP contribution in [0.1, 0.15) is 24.8 Å². The van der Waals surface area contributed by atoms with Crippen LogP contribution in [0.5, 0.6) is 0 Å². The molecule has 3 amide bonds. The molecule has 3 fully saturated rings. The highest BCUT2D eigenvalue weighted by atomic mass is 19.4. The number of carbonyl (C=O) groups excluding carboxylic acids is 3. The first kappa shape index (κ1) is 21.0. The summed E-state index contributed by atoms with van der Waals surface area (Å²) in [6.07, 6.45) is 2.46. The maximum Gasteiger partial charge on any atom is 0.417 e. The van der Waals surface area contributed by atoms with Crippen LogP contribution < -0.4 is 10.2 Å². The van der Waals surface area contributed by atoms with Gasteiger partial charge < -0.3 is 10.2 Å². The summed E-state index contributed by atoms with van der Waals surface area (Å²) < 4.78 is 38.1. The first-order valence-electron chi connectivity index (χ1n) is 10.8. The van der Waals surface area contributed by atoms with Gasteiger partial charge in [-0.05, 0) is 43.2 Å². The summed E-state index contributed by atoms with van der Waals surface area (Å²) in [7, 11) is 0. The van der Waals surface area contributed by atoms with E-state index in [1.54, 1.807) is 0 Å². The van der Waals surface area contributed by atoms with Crippen LogP contribution in [0, 0.1) is 23.7 Å². The Balaban J connectivity index is 1.12. The van der Waals surface area contributed by atoms with Crippen molar-refractivity contribution < 1.29 is 27.6 Å². The van der Waals surface area contributed by atoms with Gasteiger partial charge in [-0.3, -0.25) is 19.3 Å². The summed E-state index contributed by atoms with van der Waals surface area (Å²) >= 11 is 0. The molecule has 32 heavy (non-hydrogen) atoms. The van der Waals surface area contributed by atoms with E-state index in [4.69, 9.17) is 0 Å². The number of fused-ring (bicyclic) bond motifs is 5. The number of carbonyl (C=O) groups is 3. The number of nitrogens with zero attached hydrogens (tertiary/aromatic N) is 3. The first-order valence-corrected chi connectivity index (χ1v) is 10.8. The molecule has 2 saturated heterocycles. The van der Waals surface area contributed by atoms with Crippen molar-refractivity contribution in [1.82, 2.24) is 15.2 Å². The molecule has 4 aliphatic rings. The van der Waals surface area contributed by atoms with Gasteiger partial charge in [-0.25, -0.2) is 4.98 Å². The van der Waals surface area contributed by atoms with Crippen LogP contribution in [0.3, 0.4) is 0 Å². The number of likely N-dealkylation sites (tertiary alicyclic amines) is 1. The van der Waals surface area contributed by atoms with Gasteiger partial charge in [-0.1, -0.05) is 12.2 Å². The Morgan fingerprint density at radius 2 is 1.69 bits per heavy atom. The van der Waals surface area contributed by atoms with Crippen molar-refractivity contribution in [3.05, 3.63) is 36.0 Å². The van der Waals surface area contributed by atoms with Gasteiger partial charge >= 0.3 is 6.18 Å². The second-order valence-electron chi connectivity index (χ2n) is 8.99. The van der Waals surface area contributed by atoms with Gasteiger partial charge in [-0.2, -0.15) is 13.2 Å². The Labute approximate surface area is 182 Å². The quantitative estimate of drug-likeness (QED) is 0.563. The minimum absolute atomic E-state index is 0.109. The minimum Gasteiger partial charge on any atom is -0.356 e. The van der Waals surface area contributed by atoms with Crippen LogP contribution >= 0.6 is 0 Å². The molecule has 0 aromatic carbocycles. The molecule has 4 atom stereocenters. The molecular formula is C22H23F3N4O3. The van der Waals surface area contributed by atoms with Gasteiger partial charge in [0.25, 0.3) is 0 Å². The Hall–Kier alpha value is -2.91. The lowest BCUT2D eigenvalue weighted by Crippen LogP contribution is -2.48. The fourth-order valence-corrected chi connectivity index (χ4v) is 5.53. The van der Waals surface area contributed by atoms with E-state index in [0.717, 1.165) is 23.6 Å². The summed E-state index contributed by atoms with van der Waals surface area (Å²) in [5, 5.41) is 2.90. The van der Waals surface area contributed by atoms with Crippen LogP contribution in [-0.2, 0) is 20.6 Å². The van der Waals surface area contributed by atoms with Gasteiger partial charge in [0.1, 0.15) is 12.4 Å². The lowest BCUT2D eigenvalue weighted by molar-refractivity contribution is -0.144. The van der Waals surface area contributed by atoms with Crippen molar-refractivity contribution in [3.8, 4) is 0 Å². The Morgan fingerprint density at radius 1 is 1.06 bits per heavy atom. The van der Waals surface area contributed by atoms with Gasteiger partial charge in [-0.15, -0.1) is 0 Å². The van der Waals surface area contributed by atoms with E-state index in [2.05, 4.69) is 10.3 Å². The van der Waals surface area contributed by atoms with Crippen molar-refractivity contribution in [1.29, 1.82) is 0 Å². The number of aromatic nitrogens is 1. The second-order valence-corrected chi connectivity index (χ2v) is 8.99. The molecule has 2 bridgehead atoms. The molecule has 1 N–H and O–H groups in total. The number of hydrogen-bond acceptors (Lipinski definition) is 5. The lowest BCUT2D eigenvalue weighted by Gasteiger charge is -2.33. The molecule has 7 nitrogen and oxygen atoms in total. The highest BCUT2D eigenvalue weighted by Crippen LogP contribution is 2.52. The van der Waals surface area contributed by atoms with Crippen LogP contribution in [-0.4, -0.2) is 53.3 Å². The Kier molecular flexibility index (Phi) is 4.98. The number of nitrogens with one attached hydrogen (secondary N) is 1. The smallest absolute Gasteiger partial charge is 0.356 e. The van der Waals surface area contributed by atoms with E-state index >= 15 is 0 Å². The lowest BCUT2D eigenvalue weighted by atomic mass is 9.85. The molecule has 2 aliphatic carbocycles. The number of amides is 3. The largest absolute Gasteiger partial charge is 0.417 e. The van der Waals surface area contributed by atoms with E-state index in [0.29, 0.717) is 31.7 Å². The van der Waals surface area contributed by atoms with Gasteiger partial charge in [0.2, 0.25) is 17.7 Å². The summed E-state index contributed by atoms with van der Waals surface area (Å²) in [5.74, 6) is -0.792. The van der Waals surface area contributed by atoms with Crippen LogP contribution in [0.4, 0.5) is 19.0 Å². The summed E-state index contributed by atoms with van der Waals surface area (Å²) in [6, 6.07) is 2.24. The number of halogens is 3. The molecule has 1 saturated carbocycles. The van der Waals surface area contributed by atoms with E-state index in [9.17, 15) is 27.6 Å². The van der Waals surface area contributed by atoms with Crippen LogP contribution in [0.25, 0.3) is 0 Å². The summed E-state index contributed by atoms with van der Waals surface area (Å²) in [6.45, 7) is 0.804. The molecule has 2 aliphatic heterocycles. The minimum atomic E-state index is -4.42. The molecule has 5 rings (SSSR count). The van der Waals surface area contributed by atoms with E-state index in [-0.39, 0.29) is 54.0 Å². The number of hydrogen-bond donors (Lipinski definition) is 1. The molecule has 10 heteroatoms. The second kappa shape index (κ2) is 7.60. The zero-order chi connectivity index (χ0) is 22.6. The third kappa shape index (κ3) is 3.55. The van der Waals surface area contributed by atoms with Crippen molar-refractivity contribution in [3.63, 3.8) is 0 Å². The number of allylic oxidation sites excluding steroid dienone is 2. The predicted molar refractivity (Wildman–Crippen MR) is 107 cm³/mol. The fraction of sp³-hybridized carbons (Fsp3) is 0.545. The molecule has 170 valence electrons. The highest BCUT2D eigenvalue weighted by Gasteiger charge is 2.59. The van der Waals surface area contributed by atoms with Gasteiger partial charge in [0.15, 0.2) is 0 Å².